The highest BCUT2D eigenvalue weighted by Crippen LogP contribution is 2.30. The molecular weight excluding hydrogens is 360 g/mol. The van der Waals surface area contributed by atoms with Gasteiger partial charge < -0.3 is 24.7 Å². The van der Waals surface area contributed by atoms with Crippen LogP contribution in [0, 0.1) is 0 Å². The van der Waals surface area contributed by atoms with Crippen molar-refractivity contribution in [2.45, 2.75) is 18.8 Å². The van der Waals surface area contributed by atoms with E-state index < -0.39 is 0 Å². The summed E-state index contributed by atoms with van der Waals surface area (Å²) >= 11 is 0. The van der Waals surface area contributed by atoms with Crippen molar-refractivity contribution in [2.75, 3.05) is 41.0 Å². The number of amides is 2. The maximum absolute atomic E-state index is 12.4. The molecule has 1 aromatic heterocycles. The number of imidazole rings is 1. The standard InChI is InChI=1S/C20H26N4O4/c1-21-20(26)18-17(13-6-8-15(28-3)9-7-13)22-19(23-18)14-5-4-10-24(11-14)16(25)12-27-2/h6-9,14H,4-5,10-12H2,1-3H3,(H,21,26)(H,22,23)/t14-/m1/s1. The van der Waals surface area contributed by atoms with Crippen LogP contribution in [0.4, 0.5) is 0 Å². The van der Waals surface area contributed by atoms with E-state index in [9.17, 15) is 9.59 Å². The fraction of sp³-hybridized carbons (Fsp3) is 0.450. The summed E-state index contributed by atoms with van der Waals surface area (Å²) in [6.07, 6.45) is 1.79. The molecule has 2 amide bonds. The highest BCUT2D eigenvalue weighted by molar-refractivity contribution is 5.98. The number of hydrogen-bond acceptors (Lipinski definition) is 5. The zero-order chi connectivity index (χ0) is 20.1. The summed E-state index contributed by atoms with van der Waals surface area (Å²) in [4.78, 5) is 34.3. The van der Waals surface area contributed by atoms with E-state index in [1.807, 2.05) is 24.3 Å². The predicted molar refractivity (Wildman–Crippen MR) is 104 cm³/mol. The molecule has 0 saturated carbocycles. The van der Waals surface area contributed by atoms with Gasteiger partial charge in [-0.25, -0.2) is 4.98 Å². The van der Waals surface area contributed by atoms with Crippen LogP contribution in [0.2, 0.25) is 0 Å². The number of rotatable bonds is 6. The number of aromatic amines is 1. The van der Waals surface area contributed by atoms with Gasteiger partial charge in [-0.15, -0.1) is 0 Å². The number of nitrogens with one attached hydrogen (secondary N) is 2. The number of likely N-dealkylation sites (tertiary alicyclic amines) is 1. The van der Waals surface area contributed by atoms with Crippen LogP contribution in [0.5, 0.6) is 5.75 Å². The van der Waals surface area contributed by atoms with Crippen LogP contribution >= 0.6 is 0 Å². The molecule has 0 aliphatic carbocycles. The Morgan fingerprint density at radius 2 is 2.04 bits per heavy atom. The second kappa shape index (κ2) is 8.88. The van der Waals surface area contributed by atoms with Crippen molar-refractivity contribution >= 4 is 11.8 Å². The third-order valence-corrected chi connectivity index (χ3v) is 4.97. The van der Waals surface area contributed by atoms with E-state index in [4.69, 9.17) is 14.5 Å². The Balaban J connectivity index is 1.90. The number of H-pyrrole nitrogens is 1. The lowest BCUT2D eigenvalue weighted by Gasteiger charge is -2.31. The number of methoxy groups -OCH3 is 2. The lowest BCUT2D eigenvalue weighted by atomic mass is 9.97. The molecule has 8 heteroatoms. The van der Waals surface area contributed by atoms with Crippen molar-refractivity contribution in [3.63, 3.8) is 0 Å². The number of piperidine rings is 1. The molecule has 1 aromatic carbocycles. The van der Waals surface area contributed by atoms with Crippen molar-refractivity contribution in [1.82, 2.24) is 20.2 Å². The van der Waals surface area contributed by atoms with Crippen molar-refractivity contribution in [2.24, 2.45) is 0 Å². The molecule has 1 aliphatic rings. The van der Waals surface area contributed by atoms with Crippen LogP contribution in [-0.4, -0.2) is 67.6 Å². The van der Waals surface area contributed by atoms with E-state index in [-0.39, 0.29) is 24.3 Å². The van der Waals surface area contributed by atoms with Gasteiger partial charge in [-0.3, -0.25) is 9.59 Å². The lowest BCUT2D eigenvalue weighted by molar-refractivity contribution is -0.136. The number of carbonyl (C=O) groups excluding carboxylic acids is 2. The smallest absolute Gasteiger partial charge is 0.269 e. The summed E-state index contributed by atoms with van der Waals surface area (Å²) in [5.74, 6) is 1.25. The number of hydrogen-bond donors (Lipinski definition) is 2. The normalized spacial score (nSPS) is 16.7. The fourth-order valence-corrected chi connectivity index (χ4v) is 3.47. The number of benzene rings is 1. The van der Waals surface area contributed by atoms with Gasteiger partial charge in [-0.1, -0.05) is 0 Å². The van der Waals surface area contributed by atoms with Crippen LogP contribution in [0.25, 0.3) is 11.3 Å². The Morgan fingerprint density at radius 1 is 1.29 bits per heavy atom. The minimum atomic E-state index is -0.229. The van der Waals surface area contributed by atoms with Crippen LogP contribution < -0.4 is 10.1 Å². The Hall–Kier alpha value is -2.87. The SMILES string of the molecule is CNC(=O)c1[nH]c([C@@H]2CCCN(C(=O)COC)C2)nc1-c1ccc(OC)cc1. The summed E-state index contributed by atoms with van der Waals surface area (Å²) in [6, 6.07) is 7.42. The third kappa shape index (κ3) is 4.17. The Labute approximate surface area is 164 Å². The Bertz CT molecular complexity index is 831. The molecule has 1 aliphatic heterocycles. The number of ether oxygens (including phenoxy) is 2. The first-order chi connectivity index (χ1) is 13.6. The summed E-state index contributed by atoms with van der Waals surface area (Å²) < 4.78 is 10.2. The average Bonchev–Trinajstić information content (AvgIpc) is 3.19. The first-order valence-electron chi connectivity index (χ1n) is 9.30. The molecule has 0 unspecified atom stereocenters. The minimum absolute atomic E-state index is 0.0272. The van der Waals surface area contributed by atoms with E-state index >= 15 is 0 Å². The monoisotopic (exact) mass is 386 g/mol. The largest absolute Gasteiger partial charge is 0.497 e. The molecule has 1 fully saturated rings. The average molecular weight is 386 g/mol. The zero-order valence-corrected chi connectivity index (χ0v) is 16.4. The molecule has 28 heavy (non-hydrogen) atoms. The van der Waals surface area contributed by atoms with Crippen LogP contribution in [0.3, 0.4) is 0 Å². The highest BCUT2D eigenvalue weighted by atomic mass is 16.5. The molecule has 1 atom stereocenters. The maximum Gasteiger partial charge on any atom is 0.269 e. The molecule has 150 valence electrons. The van der Waals surface area contributed by atoms with Gasteiger partial charge in [-0.05, 0) is 37.1 Å². The molecule has 2 heterocycles. The van der Waals surface area contributed by atoms with Gasteiger partial charge in [0, 0.05) is 38.7 Å². The molecule has 1 saturated heterocycles. The lowest BCUT2D eigenvalue weighted by Crippen LogP contribution is -2.41. The number of aromatic nitrogens is 2. The van der Waals surface area contributed by atoms with E-state index in [2.05, 4.69) is 10.3 Å². The summed E-state index contributed by atoms with van der Waals surface area (Å²) in [5, 5.41) is 2.66. The van der Waals surface area contributed by atoms with Gasteiger partial charge in [0.2, 0.25) is 5.91 Å². The van der Waals surface area contributed by atoms with Crippen LogP contribution in [0.15, 0.2) is 24.3 Å². The first kappa shape index (κ1) is 19.9. The molecule has 0 radical (unpaired) electrons. The molecule has 3 rings (SSSR count). The van der Waals surface area contributed by atoms with Gasteiger partial charge >= 0.3 is 0 Å². The second-order valence-corrected chi connectivity index (χ2v) is 6.77. The molecular formula is C20H26N4O4. The summed E-state index contributed by atoms with van der Waals surface area (Å²) in [7, 11) is 4.71. The topological polar surface area (TPSA) is 96.6 Å². The van der Waals surface area contributed by atoms with E-state index in [1.165, 1.54) is 7.11 Å². The first-order valence-corrected chi connectivity index (χ1v) is 9.30. The molecule has 8 nitrogen and oxygen atoms in total. The fourth-order valence-electron chi connectivity index (χ4n) is 3.47. The van der Waals surface area contributed by atoms with E-state index in [1.54, 1.807) is 19.1 Å². The van der Waals surface area contributed by atoms with Crippen LogP contribution in [0.1, 0.15) is 35.1 Å². The summed E-state index contributed by atoms with van der Waals surface area (Å²) in [5.41, 5.74) is 1.84. The second-order valence-electron chi connectivity index (χ2n) is 6.77. The third-order valence-electron chi connectivity index (χ3n) is 4.97. The van der Waals surface area contributed by atoms with E-state index in [0.29, 0.717) is 24.5 Å². The highest BCUT2D eigenvalue weighted by Gasteiger charge is 2.28. The van der Waals surface area contributed by atoms with Gasteiger partial charge in [-0.2, -0.15) is 0 Å². The van der Waals surface area contributed by atoms with Crippen LogP contribution in [-0.2, 0) is 9.53 Å². The van der Waals surface area contributed by atoms with Gasteiger partial charge in [0.05, 0.1) is 7.11 Å². The molecule has 0 spiro atoms. The van der Waals surface area contributed by atoms with Gasteiger partial charge in [0.1, 0.15) is 29.6 Å². The van der Waals surface area contributed by atoms with Crippen molar-refractivity contribution < 1.29 is 19.1 Å². The Kier molecular flexibility index (Phi) is 6.30. The van der Waals surface area contributed by atoms with Gasteiger partial charge in [0.25, 0.3) is 5.91 Å². The minimum Gasteiger partial charge on any atom is -0.497 e. The Morgan fingerprint density at radius 3 is 2.68 bits per heavy atom. The number of carbonyl (C=O) groups is 2. The van der Waals surface area contributed by atoms with Gasteiger partial charge in [0.15, 0.2) is 0 Å². The molecule has 0 bridgehead atoms. The van der Waals surface area contributed by atoms with Crippen molar-refractivity contribution in [1.29, 1.82) is 0 Å². The quantitative estimate of drug-likeness (QED) is 0.789. The predicted octanol–water partition coefficient (Wildman–Crippen LogP) is 1.80. The van der Waals surface area contributed by atoms with Crippen molar-refractivity contribution in [3.8, 4) is 17.0 Å². The summed E-state index contributed by atoms with van der Waals surface area (Å²) in [6.45, 7) is 1.35. The van der Waals surface area contributed by atoms with E-state index in [0.717, 1.165) is 30.0 Å². The maximum atomic E-state index is 12.4. The number of nitrogens with zero attached hydrogens (tertiary/aromatic N) is 2. The zero-order valence-electron chi connectivity index (χ0n) is 16.4. The van der Waals surface area contributed by atoms with Crippen molar-refractivity contribution in [3.05, 3.63) is 35.8 Å². The molecule has 2 aromatic rings. The molecule has 2 N–H and O–H groups in total.